The van der Waals surface area contributed by atoms with E-state index in [4.69, 9.17) is 5.14 Å². The number of sulfonamides is 1. The molecule has 1 aromatic carbocycles. The Hall–Kier alpha value is -1.05. The Kier molecular flexibility index (Phi) is 3.94. The van der Waals surface area contributed by atoms with E-state index in [-0.39, 0.29) is 16.1 Å². The summed E-state index contributed by atoms with van der Waals surface area (Å²) in [7, 11) is -3.74. The third kappa shape index (κ3) is 3.24. The Morgan fingerprint density at radius 2 is 2.22 bits per heavy atom. The molecular weight excluding hydrogens is 272 g/mol. The topological polar surface area (TPSA) is 89.3 Å². The van der Waals surface area contributed by atoms with Crippen LogP contribution in [0.2, 0.25) is 0 Å². The number of rotatable bonds is 3. The van der Waals surface area contributed by atoms with Crippen molar-refractivity contribution in [3.8, 4) is 0 Å². The first-order valence-corrected chi connectivity index (χ1v) is 8.12. The first-order chi connectivity index (χ1) is 8.47. The van der Waals surface area contributed by atoms with Crippen molar-refractivity contribution in [2.24, 2.45) is 5.14 Å². The number of hydrogen-bond donors (Lipinski definition) is 2. The van der Waals surface area contributed by atoms with E-state index < -0.39 is 10.0 Å². The van der Waals surface area contributed by atoms with Gasteiger partial charge in [0.05, 0.1) is 10.1 Å². The van der Waals surface area contributed by atoms with Gasteiger partial charge in [-0.15, -0.1) is 11.8 Å². The molecule has 18 heavy (non-hydrogen) atoms. The molecule has 1 fully saturated rings. The molecule has 0 radical (unpaired) electrons. The van der Waals surface area contributed by atoms with Crippen molar-refractivity contribution in [1.82, 2.24) is 0 Å². The van der Waals surface area contributed by atoms with E-state index >= 15 is 0 Å². The molecule has 1 heterocycles. The summed E-state index contributed by atoms with van der Waals surface area (Å²) in [6.07, 6.45) is 1.91. The van der Waals surface area contributed by atoms with Crippen molar-refractivity contribution in [3.63, 3.8) is 0 Å². The van der Waals surface area contributed by atoms with Crippen LogP contribution in [0.1, 0.15) is 12.8 Å². The van der Waals surface area contributed by atoms with Crippen LogP contribution in [0.3, 0.4) is 0 Å². The molecule has 1 saturated heterocycles. The van der Waals surface area contributed by atoms with Gasteiger partial charge in [-0.3, -0.25) is 4.79 Å². The third-order valence-electron chi connectivity index (χ3n) is 2.65. The Balaban J connectivity index is 2.12. The molecule has 1 amide bonds. The number of amides is 1. The quantitative estimate of drug-likeness (QED) is 0.873. The predicted molar refractivity (Wildman–Crippen MR) is 71.9 cm³/mol. The van der Waals surface area contributed by atoms with E-state index in [1.807, 2.05) is 0 Å². The van der Waals surface area contributed by atoms with Gasteiger partial charge in [-0.05, 0) is 36.8 Å². The van der Waals surface area contributed by atoms with E-state index in [2.05, 4.69) is 5.32 Å². The minimum atomic E-state index is -3.74. The second-order valence-corrected chi connectivity index (χ2v) is 6.94. The molecule has 7 heteroatoms. The highest BCUT2D eigenvalue weighted by Crippen LogP contribution is 2.27. The molecule has 0 spiro atoms. The highest BCUT2D eigenvalue weighted by Gasteiger charge is 2.23. The monoisotopic (exact) mass is 286 g/mol. The van der Waals surface area contributed by atoms with Crippen LogP contribution in [0.15, 0.2) is 29.2 Å². The van der Waals surface area contributed by atoms with Crippen LogP contribution in [0, 0.1) is 0 Å². The highest BCUT2D eigenvalue weighted by molar-refractivity contribution is 8.00. The summed E-state index contributed by atoms with van der Waals surface area (Å²) in [5, 5.41) is 7.71. The van der Waals surface area contributed by atoms with Gasteiger partial charge in [-0.1, -0.05) is 6.07 Å². The summed E-state index contributed by atoms with van der Waals surface area (Å²) in [6, 6.07) is 5.96. The van der Waals surface area contributed by atoms with Gasteiger partial charge in [0.1, 0.15) is 0 Å². The zero-order chi connectivity index (χ0) is 13.2. The van der Waals surface area contributed by atoms with Crippen LogP contribution < -0.4 is 10.5 Å². The number of carbonyl (C=O) groups excluding carboxylic acids is 1. The minimum absolute atomic E-state index is 0.000579. The summed E-state index contributed by atoms with van der Waals surface area (Å²) in [5.41, 5.74) is 0.457. The number of thioether (sulfide) groups is 1. The largest absolute Gasteiger partial charge is 0.325 e. The fourth-order valence-corrected chi connectivity index (χ4v) is 3.48. The predicted octanol–water partition coefficient (Wildman–Crippen LogP) is 1.17. The van der Waals surface area contributed by atoms with Gasteiger partial charge in [0.25, 0.3) is 0 Å². The molecule has 2 rings (SSSR count). The number of benzene rings is 1. The van der Waals surface area contributed by atoms with E-state index in [0.717, 1.165) is 18.6 Å². The standard InChI is InChI=1S/C11H14N2O3S2/c12-18(15,16)9-4-1-3-8(7-9)13-11(14)10-5-2-6-17-10/h1,3-4,7,10H,2,5-6H2,(H,13,14)(H2,12,15,16). The average molecular weight is 286 g/mol. The van der Waals surface area contributed by atoms with Crippen molar-refractivity contribution in [3.05, 3.63) is 24.3 Å². The molecule has 3 N–H and O–H groups in total. The average Bonchev–Trinajstić information content (AvgIpc) is 2.81. The molecular formula is C11H14N2O3S2. The minimum Gasteiger partial charge on any atom is -0.325 e. The van der Waals surface area contributed by atoms with Gasteiger partial charge in [0.15, 0.2) is 0 Å². The highest BCUT2D eigenvalue weighted by atomic mass is 32.2. The van der Waals surface area contributed by atoms with Gasteiger partial charge >= 0.3 is 0 Å². The first kappa shape index (κ1) is 13.4. The number of anilines is 1. The van der Waals surface area contributed by atoms with Crippen LogP contribution in [-0.2, 0) is 14.8 Å². The van der Waals surface area contributed by atoms with Crippen molar-refractivity contribution in [2.45, 2.75) is 23.0 Å². The summed E-state index contributed by atoms with van der Waals surface area (Å²) < 4.78 is 22.4. The molecule has 0 aromatic heterocycles. The molecule has 98 valence electrons. The molecule has 1 aliphatic heterocycles. The number of carbonyl (C=O) groups is 1. The Bertz CT molecular complexity index is 551. The number of nitrogens with two attached hydrogens (primary N) is 1. The second kappa shape index (κ2) is 5.29. The van der Waals surface area contributed by atoms with E-state index in [9.17, 15) is 13.2 Å². The fraction of sp³-hybridized carbons (Fsp3) is 0.364. The molecule has 0 saturated carbocycles. The van der Waals surface area contributed by atoms with Crippen molar-refractivity contribution in [1.29, 1.82) is 0 Å². The normalized spacial score (nSPS) is 19.7. The zero-order valence-electron chi connectivity index (χ0n) is 9.63. The Morgan fingerprint density at radius 3 is 2.83 bits per heavy atom. The lowest BCUT2D eigenvalue weighted by Crippen LogP contribution is -2.23. The Labute approximate surface area is 110 Å². The third-order valence-corrected chi connectivity index (χ3v) is 4.94. The zero-order valence-corrected chi connectivity index (χ0v) is 11.3. The van der Waals surface area contributed by atoms with Crippen LogP contribution in [0.5, 0.6) is 0 Å². The number of nitrogens with one attached hydrogen (secondary N) is 1. The van der Waals surface area contributed by atoms with Crippen molar-refractivity contribution < 1.29 is 13.2 Å². The molecule has 5 nitrogen and oxygen atoms in total. The number of hydrogen-bond acceptors (Lipinski definition) is 4. The summed E-state index contributed by atoms with van der Waals surface area (Å²) >= 11 is 1.62. The molecule has 1 aromatic rings. The maximum atomic E-state index is 11.9. The molecule has 1 unspecified atom stereocenters. The van der Waals surface area contributed by atoms with E-state index in [0.29, 0.717) is 5.69 Å². The van der Waals surface area contributed by atoms with Crippen LogP contribution in [-0.4, -0.2) is 25.3 Å². The second-order valence-electron chi connectivity index (χ2n) is 4.06. The molecule has 0 aliphatic carbocycles. The molecule has 1 aliphatic rings. The maximum absolute atomic E-state index is 11.9. The SMILES string of the molecule is NS(=O)(=O)c1cccc(NC(=O)C2CCCS2)c1. The lowest BCUT2D eigenvalue weighted by Gasteiger charge is -2.10. The van der Waals surface area contributed by atoms with Crippen molar-refractivity contribution in [2.75, 3.05) is 11.1 Å². The van der Waals surface area contributed by atoms with Gasteiger partial charge in [-0.2, -0.15) is 0 Å². The van der Waals surface area contributed by atoms with Crippen LogP contribution >= 0.6 is 11.8 Å². The first-order valence-electron chi connectivity index (χ1n) is 5.52. The summed E-state index contributed by atoms with van der Waals surface area (Å²) in [6.45, 7) is 0. The summed E-state index contributed by atoms with van der Waals surface area (Å²) in [4.78, 5) is 11.9. The van der Waals surface area contributed by atoms with Crippen LogP contribution in [0.4, 0.5) is 5.69 Å². The number of primary sulfonamides is 1. The lowest BCUT2D eigenvalue weighted by atomic mass is 10.2. The van der Waals surface area contributed by atoms with Gasteiger partial charge in [-0.25, -0.2) is 13.6 Å². The van der Waals surface area contributed by atoms with Gasteiger partial charge in [0.2, 0.25) is 15.9 Å². The van der Waals surface area contributed by atoms with Crippen LogP contribution in [0.25, 0.3) is 0 Å². The lowest BCUT2D eigenvalue weighted by molar-refractivity contribution is -0.115. The van der Waals surface area contributed by atoms with E-state index in [1.165, 1.54) is 12.1 Å². The molecule has 1 atom stereocenters. The van der Waals surface area contributed by atoms with Crippen molar-refractivity contribution >= 4 is 33.4 Å². The smallest absolute Gasteiger partial charge is 0.238 e. The van der Waals surface area contributed by atoms with Gasteiger partial charge < -0.3 is 5.32 Å². The summed E-state index contributed by atoms with van der Waals surface area (Å²) in [5.74, 6) is 0.916. The fourth-order valence-electron chi connectivity index (χ4n) is 1.76. The molecule has 0 bridgehead atoms. The van der Waals surface area contributed by atoms with Gasteiger partial charge in [0, 0.05) is 5.69 Å². The van der Waals surface area contributed by atoms with E-state index in [1.54, 1.807) is 23.9 Å². The Morgan fingerprint density at radius 1 is 1.44 bits per heavy atom. The maximum Gasteiger partial charge on any atom is 0.238 e.